The number of hydrogen-bond acceptors (Lipinski definition) is 5. The molecule has 1 aromatic heterocycles. The Kier molecular flexibility index (Phi) is 5.16. The lowest BCUT2D eigenvalue weighted by Crippen LogP contribution is -2.41. The third-order valence-corrected chi connectivity index (χ3v) is 3.01. The first-order valence-electron chi connectivity index (χ1n) is 7.40. The fraction of sp³-hybridized carbons (Fsp3) is 0.353. The molecule has 6 heteroatoms. The Morgan fingerprint density at radius 2 is 1.96 bits per heavy atom. The van der Waals surface area contributed by atoms with Gasteiger partial charge in [-0.2, -0.15) is 0 Å². The number of nitrogens with one attached hydrogen (secondary N) is 2. The minimum absolute atomic E-state index is 0.222. The molecule has 0 bridgehead atoms. The molecule has 2 aromatic rings. The molecule has 2 N–H and O–H groups in total. The first-order valence-corrected chi connectivity index (χ1v) is 7.40. The van der Waals surface area contributed by atoms with E-state index in [-0.39, 0.29) is 11.4 Å². The van der Waals surface area contributed by atoms with Crippen LogP contribution in [0.2, 0.25) is 0 Å². The maximum absolute atomic E-state index is 12.1. The summed E-state index contributed by atoms with van der Waals surface area (Å²) in [5, 5.41) is 5.99. The zero-order valence-corrected chi connectivity index (χ0v) is 13.9. The zero-order chi connectivity index (χ0) is 16.9. The Morgan fingerprint density at radius 1 is 1.22 bits per heavy atom. The number of rotatable bonds is 5. The Hall–Kier alpha value is -2.63. The van der Waals surface area contributed by atoms with Crippen molar-refractivity contribution >= 4 is 11.9 Å². The monoisotopic (exact) mass is 314 g/mol. The van der Waals surface area contributed by atoms with Crippen molar-refractivity contribution in [2.75, 3.05) is 12.4 Å². The van der Waals surface area contributed by atoms with E-state index in [2.05, 4.69) is 20.6 Å². The van der Waals surface area contributed by atoms with E-state index in [1.165, 1.54) is 0 Å². The van der Waals surface area contributed by atoms with E-state index >= 15 is 0 Å². The van der Waals surface area contributed by atoms with Crippen molar-refractivity contribution in [3.05, 3.63) is 47.8 Å². The van der Waals surface area contributed by atoms with Gasteiger partial charge < -0.3 is 15.4 Å². The third-order valence-electron chi connectivity index (χ3n) is 3.01. The van der Waals surface area contributed by atoms with Gasteiger partial charge in [0.05, 0.1) is 7.11 Å². The Bertz CT molecular complexity index is 680. The molecule has 0 radical (unpaired) electrons. The molecule has 0 spiro atoms. The third kappa shape index (κ3) is 4.95. The zero-order valence-electron chi connectivity index (χ0n) is 13.9. The summed E-state index contributed by atoms with van der Waals surface area (Å²) in [5.74, 6) is 0.972. The number of para-hydroxylation sites is 1. The van der Waals surface area contributed by atoms with Gasteiger partial charge in [-0.3, -0.25) is 4.79 Å². The fourth-order valence-corrected chi connectivity index (χ4v) is 2.00. The lowest BCUT2D eigenvalue weighted by Gasteiger charge is -2.20. The van der Waals surface area contributed by atoms with Crippen LogP contribution in [-0.4, -0.2) is 28.5 Å². The number of carbonyl (C=O) groups excluding carboxylic acids is 1. The summed E-state index contributed by atoms with van der Waals surface area (Å²) in [5.41, 5.74) is 1.01. The van der Waals surface area contributed by atoms with Crippen LogP contribution < -0.4 is 15.4 Å². The van der Waals surface area contributed by atoms with Gasteiger partial charge in [0, 0.05) is 23.8 Å². The first kappa shape index (κ1) is 16.7. The average Bonchev–Trinajstić information content (AvgIpc) is 2.52. The highest BCUT2D eigenvalue weighted by atomic mass is 16.5. The molecule has 0 saturated heterocycles. The second-order valence-electron chi connectivity index (χ2n) is 6.14. The van der Waals surface area contributed by atoms with E-state index in [1.54, 1.807) is 19.4 Å². The molecular formula is C17H22N4O2. The quantitative estimate of drug-likeness (QED) is 0.887. The van der Waals surface area contributed by atoms with Gasteiger partial charge >= 0.3 is 0 Å². The number of nitrogens with zero attached hydrogens (tertiary/aromatic N) is 2. The average molecular weight is 314 g/mol. The van der Waals surface area contributed by atoms with E-state index in [1.807, 2.05) is 45.0 Å². The number of ether oxygens (including phenoxy) is 1. The molecule has 0 aliphatic carbocycles. The topological polar surface area (TPSA) is 76.1 Å². The van der Waals surface area contributed by atoms with Crippen LogP contribution >= 0.6 is 0 Å². The van der Waals surface area contributed by atoms with Crippen molar-refractivity contribution in [1.29, 1.82) is 0 Å². The number of anilines is 1. The maximum atomic E-state index is 12.1. The second kappa shape index (κ2) is 7.09. The fourth-order valence-electron chi connectivity index (χ4n) is 2.00. The smallest absolute Gasteiger partial charge is 0.270 e. The predicted molar refractivity (Wildman–Crippen MR) is 89.6 cm³/mol. The minimum atomic E-state index is -0.312. The van der Waals surface area contributed by atoms with Gasteiger partial charge in [-0.25, -0.2) is 9.97 Å². The van der Waals surface area contributed by atoms with Gasteiger partial charge in [-0.15, -0.1) is 0 Å². The van der Waals surface area contributed by atoms with Crippen LogP contribution in [0.5, 0.6) is 5.75 Å². The molecule has 0 saturated carbocycles. The molecule has 0 unspecified atom stereocenters. The summed E-state index contributed by atoms with van der Waals surface area (Å²) in [6.45, 7) is 6.28. The highest BCUT2D eigenvalue weighted by Crippen LogP contribution is 2.18. The molecule has 0 aliphatic heterocycles. The number of methoxy groups -OCH3 is 1. The number of amides is 1. The molecule has 1 aromatic carbocycles. The highest BCUT2D eigenvalue weighted by molar-refractivity contribution is 5.92. The van der Waals surface area contributed by atoms with Crippen molar-refractivity contribution in [2.24, 2.45) is 0 Å². The van der Waals surface area contributed by atoms with Crippen molar-refractivity contribution in [2.45, 2.75) is 32.9 Å². The Balaban J connectivity index is 2.07. The lowest BCUT2D eigenvalue weighted by molar-refractivity contribution is 0.0914. The summed E-state index contributed by atoms with van der Waals surface area (Å²) < 4.78 is 5.31. The van der Waals surface area contributed by atoms with Crippen molar-refractivity contribution in [3.8, 4) is 5.75 Å². The number of benzene rings is 1. The molecule has 23 heavy (non-hydrogen) atoms. The van der Waals surface area contributed by atoms with Gasteiger partial charge in [-0.05, 0) is 32.9 Å². The first-order chi connectivity index (χ1) is 10.9. The number of aromatic nitrogens is 2. The SMILES string of the molecule is COc1ccccc1CNc1nccc(C(=O)NC(C)(C)C)n1. The van der Waals surface area contributed by atoms with Crippen LogP contribution in [0.4, 0.5) is 5.95 Å². The van der Waals surface area contributed by atoms with Crippen LogP contribution in [0, 0.1) is 0 Å². The molecular weight excluding hydrogens is 292 g/mol. The standard InChI is InChI=1S/C17H22N4O2/c1-17(2,3)21-15(22)13-9-10-18-16(20-13)19-11-12-7-5-6-8-14(12)23-4/h5-10H,11H2,1-4H3,(H,21,22)(H,18,19,20). The van der Waals surface area contributed by atoms with Gasteiger partial charge in [0.2, 0.25) is 5.95 Å². The molecule has 6 nitrogen and oxygen atoms in total. The van der Waals surface area contributed by atoms with E-state index in [9.17, 15) is 4.79 Å². The summed E-state index contributed by atoms with van der Waals surface area (Å²) in [7, 11) is 1.63. The summed E-state index contributed by atoms with van der Waals surface area (Å²) in [6, 6.07) is 9.30. The molecule has 0 fully saturated rings. The Labute approximate surface area is 136 Å². The van der Waals surface area contributed by atoms with Crippen molar-refractivity contribution in [1.82, 2.24) is 15.3 Å². The number of carbonyl (C=O) groups is 1. The van der Waals surface area contributed by atoms with Crippen LogP contribution in [0.1, 0.15) is 36.8 Å². The van der Waals surface area contributed by atoms with Crippen LogP contribution in [0.25, 0.3) is 0 Å². The Morgan fingerprint density at radius 3 is 2.65 bits per heavy atom. The minimum Gasteiger partial charge on any atom is -0.496 e. The van der Waals surface area contributed by atoms with Crippen LogP contribution in [0.3, 0.4) is 0 Å². The largest absolute Gasteiger partial charge is 0.496 e. The maximum Gasteiger partial charge on any atom is 0.270 e. The summed E-state index contributed by atoms with van der Waals surface area (Å²) in [6.07, 6.45) is 1.56. The predicted octanol–water partition coefficient (Wildman–Crippen LogP) is 2.63. The van der Waals surface area contributed by atoms with Crippen LogP contribution in [0.15, 0.2) is 36.5 Å². The summed E-state index contributed by atoms with van der Waals surface area (Å²) >= 11 is 0. The molecule has 2 rings (SSSR count). The van der Waals surface area contributed by atoms with Crippen molar-refractivity contribution < 1.29 is 9.53 Å². The van der Waals surface area contributed by atoms with Gasteiger partial charge in [0.25, 0.3) is 5.91 Å². The normalized spacial score (nSPS) is 11.0. The van der Waals surface area contributed by atoms with Crippen molar-refractivity contribution in [3.63, 3.8) is 0 Å². The van der Waals surface area contributed by atoms with Gasteiger partial charge in [0.1, 0.15) is 11.4 Å². The molecule has 1 amide bonds. The van der Waals surface area contributed by atoms with Gasteiger partial charge in [0.15, 0.2) is 0 Å². The van der Waals surface area contributed by atoms with Crippen LogP contribution in [-0.2, 0) is 6.54 Å². The molecule has 122 valence electrons. The van der Waals surface area contributed by atoms with Gasteiger partial charge in [-0.1, -0.05) is 18.2 Å². The lowest BCUT2D eigenvalue weighted by atomic mass is 10.1. The second-order valence-corrected chi connectivity index (χ2v) is 6.14. The molecule has 1 heterocycles. The molecule has 0 atom stereocenters. The highest BCUT2D eigenvalue weighted by Gasteiger charge is 2.16. The molecule has 0 aliphatic rings. The van der Waals surface area contributed by atoms with E-state index in [0.29, 0.717) is 18.2 Å². The van der Waals surface area contributed by atoms with E-state index < -0.39 is 0 Å². The summed E-state index contributed by atoms with van der Waals surface area (Å²) in [4.78, 5) is 20.5. The van der Waals surface area contributed by atoms with E-state index in [0.717, 1.165) is 11.3 Å². The number of hydrogen-bond donors (Lipinski definition) is 2. The van der Waals surface area contributed by atoms with E-state index in [4.69, 9.17) is 4.74 Å².